The van der Waals surface area contributed by atoms with Crippen LogP contribution in [0.5, 0.6) is 5.75 Å². The van der Waals surface area contributed by atoms with Crippen LogP contribution in [0.1, 0.15) is 17.5 Å². The monoisotopic (exact) mass is 422 g/mol. The van der Waals surface area contributed by atoms with Gasteiger partial charge in [0.15, 0.2) is 0 Å². The van der Waals surface area contributed by atoms with E-state index in [-0.39, 0.29) is 12.6 Å². The summed E-state index contributed by atoms with van der Waals surface area (Å²) in [6.07, 6.45) is -3.93. The van der Waals surface area contributed by atoms with Crippen LogP contribution in [0.25, 0.3) is 0 Å². The zero-order valence-electron chi connectivity index (χ0n) is 16.8. The van der Waals surface area contributed by atoms with Crippen molar-refractivity contribution in [2.75, 3.05) is 44.7 Å². The average Bonchev–Trinajstić information content (AvgIpc) is 2.76. The second kappa shape index (κ2) is 9.84. The molecule has 0 atom stereocenters. The van der Waals surface area contributed by atoms with Crippen molar-refractivity contribution in [3.05, 3.63) is 59.7 Å². The number of halogens is 3. The number of esters is 1. The summed E-state index contributed by atoms with van der Waals surface area (Å²) >= 11 is 0. The highest BCUT2D eigenvalue weighted by Crippen LogP contribution is 2.29. The third kappa shape index (κ3) is 6.13. The molecule has 1 aliphatic heterocycles. The number of alkyl halides is 3. The van der Waals surface area contributed by atoms with Gasteiger partial charge in [-0.2, -0.15) is 13.2 Å². The number of nitrogens with zero attached hydrogens (tertiary/aromatic N) is 2. The van der Waals surface area contributed by atoms with Crippen molar-refractivity contribution < 1.29 is 27.4 Å². The number of carbonyl (C=O) groups excluding carboxylic acids is 1. The Morgan fingerprint density at radius 1 is 0.967 bits per heavy atom. The summed E-state index contributed by atoms with van der Waals surface area (Å²) in [5.41, 5.74) is 1.10. The Labute approximate surface area is 174 Å². The fraction of sp³-hybridized carbons (Fsp3) is 0.409. The fourth-order valence-electron chi connectivity index (χ4n) is 3.29. The number of ether oxygens (including phenoxy) is 2. The lowest BCUT2D eigenvalue weighted by Gasteiger charge is -2.36. The molecule has 0 bridgehead atoms. The van der Waals surface area contributed by atoms with Crippen molar-refractivity contribution in [2.24, 2.45) is 0 Å². The smallest absolute Gasteiger partial charge is 0.416 e. The summed E-state index contributed by atoms with van der Waals surface area (Å²) in [7, 11) is 1.40. The van der Waals surface area contributed by atoms with Crippen molar-refractivity contribution in [3.63, 3.8) is 0 Å². The maximum atomic E-state index is 12.6. The Hall–Kier alpha value is -2.74. The van der Waals surface area contributed by atoms with Crippen molar-refractivity contribution in [2.45, 2.75) is 19.2 Å². The highest BCUT2D eigenvalue weighted by Gasteiger charge is 2.29. The summed E-state index contributed by atoms with van der Waals surface area (Å²) in [4.78, 5) is 15.8. The second-order valence-electron chi connectivity index (χ2n) is 7.13. The number of carbonyl (C=O) groups is 1. The standard InChI is InChI=1S/C22H25F3N2O3/c1-29-21(28)10-11-26-12-14-27(15-13-26)19-6-8-20(9-7-19)30-16-17-2-4-18(5-3-17)22(23,24)25/h2-9H,10-16H2,1H3. The lowest BCUT2D eigenvalue weighted by atomic mass is 10.1. The minimum Gasteiger partial charge on any atom is -0.489 e. The van der Waals surface area contributed by atoms with Crippen LogP contribution in [0.2, 0.25) is 0 Å². The molecule has 0 radical (unpaired) electrons. The normalized spacial score (nSPS) is 15.1. The molecule has 1 saturated heterocycles. The SMILES string of the molecule is COC(=O)CCN1CCN(c2ccc(OCc3ccc(C(F)(F)F)cc3)cc2)CC1. The van der Waals surface area contributed by atoms with Crippen LogP contribution in [0, 0.1) is 0 Å². The molecule has 0 N–H and O–H groups in total. The summed E-state index contributed by atoms with van der Waals surface area (Å²) in [5.74, 6) is 0.472. The Kier molecular flexibility index (Phi) is 7.20. The van der Waals surface area contributed by atoms with Gasteiger partial charge in [-0.15, -0.1) is 0 Å². The van der Waals surface area contributed by atoms with E-state index in [1.54, 1.807) is 0 Å². The molecular formula is C22H25F3N2O3. The van der Waals surface area contributed by atoms with Crippen LogP contribution in [0.3, 0.4) is 0 Å². The molecule has 1 fully saturated rings. The fourth-order valence-corrected chi connectivity index (χ4v) is 3.29. The van der Waals surface area contributed by atoms with Crippen molar-refractivity contribution in [3.8, 4) is 5.75 Å². The van der Waals surface area contributed by atoms with Gasteiger partial charge < -0.3 is 14.4 Å². The van der Waals surface area contributed by atoms with Gasteiger partial charge in [-0.3, -0.25) is 9.69 Å². The van der Waals surface area contributed by atoms with Gasteiger partial charge in [0.1, 0.15) is 12.4 Å². The molecule has 0 aromatic heterocycles. The summed E-state index contributed by atoms with van der Waals surface area (Å²) in [5, 5.41) is 0. The van der Waals surface area contributed by atoms with Gasteiger partial charge in [0.05, 0.1) is 19.1 Å². The Bertz CT molecular complexity index is 815. The molecule has 5 nitrogen and oxygen atoms in total. The predicted octanol–water partition coefficient (Wildman–Crippen LogP) is 3.97. The molecule has 2 aromatic rings. The van der Waals surface area contributed by atoms with Crippen molar-refractivity contribution in [1.29, 1.82) is 0 Å². The summed E-state index contributed by atoms with van der Waals surface area (Å²) in [6, 6.07) is 12.7. The molecule has 1 heterocycles. The molecule has 3 rings (SSSR count). The van der Waals surface area contributed by atoms with E-state index >= 15 is 0 Å². The molecule has 0 saturated carbocycles. The first-order valence-corrected chi connectivity index (χ1v) is 9.78. The molecule has 0 spiro atoms. The minimum atomic E-state index is -4.33. The van der Waals surface area contributed by atoms with Crippen molar-refractivity contribution >= 4 is 11.7 Å². The van der Waals surface area contributed by atoms with Gasteiger partial charge in [-0.25, -0.2) is 0 Å². The third-order valence-electron chi connectivity index (χ3n) is 5.12. The quantitative estimate of drug-likeness (QED) is 0.632. The van der Waals surface area contributed by atoms with Crippen LogP contribution in [0.4, 0.5) is 18.9 Å². The Balaban J connectivity index is 1.46. The van der Waals surface area contributed by atoms with E-state index in [0.717, 1.165) is 44.0 Å². The number of hydrogen-bond donors (Lipinski definition) is 0. The summed E-state index contributed by atoms with van der Waals surface area (Å²) < 4.78 is 48.2. The van der Waals surface area contributed by atoms with E-state index in [9.17, 15) is 18.0 Å². The first kappa shape index (κ1) is 22.0. The Morgan fingerprint density at radius 2 is 1.60 bits per heavy atom. The van der Waals surface area contributed by atoms with Gasteiger partial charge in [-0.1, -0.05) is 12.1 Å². The molecule has 0 aliphatic carbocycles. The molecule has 8 heteroatoms. The van der Waals surface area contributed by atoms with E-state index in [2.05, 4.69) is 14.5 Å². The lowest BCUT2D eigenvalue weighted by Crippen LogP contribution is -2.46. The zero-order chi connectivity index (χ0) is 21.6. The maximum absolute atomic E-state index is 12.6. The minimum absolute atomic E-state index is 0.190. The number of rotatable bonds is 7. The van der Waals surface area contributed by atoms with Gasteiger partial charge in [0, 0.05) is 38.4 Å². The number of benzene rings is 2. The van der Waals surface area contributed by atoms with Gasteiger partial charge in [0.2, 0.25) is 0 Å². The maximum Gasteiger partial charge on any atom is 0.416 e. The Morgan fingerprint density at radius 3 is 2.17 bits per heavy atom. The van der Waals surface area contributed by atoms with Crippen LogP contribution in [-0.4, -0.2) is 50.7 Å². The average molecular weight is 422 g/mol. The van der Waals surface area contributed by atoms with E-state index in [0.29, 0.717) is 24.3 Å². The number of hydrogen-bond acceptors (Lipinski definition) is 5. The van der Waals surface area contributed by atoms with E-state index in [4.69, 9.17) is 4.74 Å². The topological polar surface area (TPSA) is 42.0 Å². The molecule has 30 heavy (non-hydrogen) atoms. The van der Waals surface area contributed by atoms with Gasteiger partial charge in [0.25, 0.3) is 0 Å². The first-order valence-electron chi connectivity index (χ1n) is 9.78. The van der Waals surface area contributed by atoms with Crippen LogP contribution in [0.15, 0.2) is 48.5 Å². The third-order valence-corrected chi connectivity index (χ3v) is 5.12. The van der Waals surface area contributed by atoms with Crippen LogP contribution in [-0.2, 0) is 22.3 Å². The first-order chi connectivity index (χ1) is 14.3. The molecular weight excluding hydrogens is 397 g/mol. The van der Waals surface area contributed by atoms with Crippen LogP contribution >= 0.6 is 0 Å². The van der Waals surface area contributed by atoms with Crippen molar-refractivity contribution in [1.82, 2.24) is 4.90 Å². The van der Waals surface area contributed by atoms with E-state index in [1.165, 1.54) is 19.2 Å². The molecule has 1 aliphatic rings. The lowest BCUT2D eigenvalue weighted by molar-refractivity contribution is -0.141. The largest absolute Gasteiger partial charge is 0.489 e. The van der Waals surface area contributed by atoms with E-state index in [1.807, 2.05) is 24.3 Å². The predicted molar refractivity (Wildman–Crippen MR) is 108 cm³/mol. The second-order valence-corrected chi connectivity index (χ2v) is 7.13. The molecule has 2 aromatic carbocycles. The van der Waals surface area contributed by atoms with Gasteiger partial charge >= 0.3 is 12.1 Å². The highest BCUT2D eigenvalue weighted by atomic mass is 19.4. The van der Waals surface area contributed by atoms with Gasteiger partial charge in [-0.05, 0) is 42.0 Å². The van der Waals surface area contributed by atoms with Crippen LogP contribution < -0.4 is 9.64 Å². The summed E-state index contributed by atoms with van der Waals surface area (Å²) in [6.45, 7) is 4.40. The zero-order valence-corrected chi connectivity index (χ0v) is 16.8. The van der Waals surface area contributed by atoms with E-state index < -0.39 is 11.7 Å². The molecule has 0 unspecified atom stereocenters. The number of piperazine rings is 1. The molecule has 0 amide bonds. The number of anilines is 1. The highest BCUT2D eigenvalue weighted by molar-refractivity contribution is 5.69. The molecule has 162 valence electrons. The number of methoxy groups -OCH3 is 1.